The van der Waals surface area contributed by atoms with Crippen molar-refractivity contribution < 1.29 is 9.53 Å². The van der Waals surface area contributed by atoms with Crippen LogP contribution in [0, 0.1) is 6.92 Å². The molecule has 0 spiro atoms. The van der Waals surface area contributed by atoms with Gasteiger partial charge >= 0.3 is 0 Å². The Kier molecular flexibility index (Phi) is 7.63. The summed E-state index contributed by atoms with van der Waals surface area (Å²) in [7, 11) is 0. The Morgan fingerprint density at radius 1 is 1.30 bits per heavy atom. The summed E-state index contributed by atoms with van der Waals surface area (Å²) < 4.78 is 5.51. The highest BCUT2D eigenvalue weighted by Gasteiger charge is 2.19. The minimum absolute atomic E-state index is 0.00866. The first-order valence-corrected chi connectivity index (χ1v) is 7.71. The highest BCUT2D eigenvalue weighted by Crippen LogP contribution is 2.26. The van der Waals surface area contributed by atoms with Crippen LogP contribution < -0.4 is 4.90 Å². The van der Waals surface area contributed by atoms with Crippen LogP contribution in [0.25, 0.3) is 0 Å². The van der Waals surface area contributed by atoms with Crippen molar-refractivity contribution in [1.82, 2.24) is 0 Å². The van der Waals surface area contributed by atoms with E-state index in [-0.39, 0.29) is 11.8 Å². The number of benzene rings is 1. The Labute approximate surface area is 126 Å². The van der Waals surface area contributed by atoms with E-state index < -0.39 is 0 Å². The van der Waals surface area contributed by atoms with Gasteiger partial charge in [-0.25, -0.2) is 0 Å². The lowest BCUT2D eigenvalue weighted by Crippen LogP contribution is -2.36. The molecule has 0 radical (unpaired) electrons. The molecule has 0 atom stereocenters. The smallest absolute Gasteiger partial charge is 0.242 e. The molecule has 0 N–H and O–H groups in total. The average Bonchev–Trinajstić information content (AvgIpc) is 2.47. The van der Waals surface area contributed by atoms with E-state index in [2.05, 4.69) is 19.9 Å². The zero-order valence-electron chi connectivity index (χ0n) is 12.6. The topological polar surface area (TPSA) is 29.5 Å². The van der Waals surface area contributed by atoms with Crippen LogP contribution in [0.1, 0.15) is 31.4 Å². The maximum atomic E-state index is 12.1. The molecular weight excluding hydrogens is 274 g/mol. The molecule has 0 heterocycles. The molecule has 112 valence electrons. The number of hydrogen-bond acceptors (Lipinski definition) is 2. The summed E-state index contributed by atoms with van der Waals surface area (Å²) in [6, 6.07) is 6.11. The van der Waals surface area contributed by atoms with Gasteiger partial charge in [0.15, 0.2) is 0 Å². The molecule has 0 unspecified atom stereocenters. The fourth-order valence-electron chi connectivity index (χ4n) is 2.23. The average molecular weight is 298 g/mol. The Bertz CT molecular complexity index is 434. The lowest BCUT2D eigenvalue weighted by Gasteiger charge is -2.26. The largest absolute Gasteiger partial charge is 0.380 e. The van der Waals surface area contributed by atoms with E-state index >= 15 is 0 Å². The number of nitrogens with zero attached hydrogens (tertiary/aromatic N) is 1. The second-order valence-electron chi connectivity index (χ2n) is 4.73. The fourth-order valence-corrected chi connectivity index (χ4v) is 2.37. The number of carbonyl (C=O) groups excluding carboxylic acids is 1. The van der Waals surface area contributed by atoms with Gasteiger partial charge in [-0.05, 0) is 30.9 Å². The molecule has 1 rings (SSSR count). The predicted octanol–water partition coefficient (Wildman–Crippen LogP) is 3.56. The zero-order valence-corrected chi connectivity index (χ0v) is 13.4. The number of rotatable bonds is 8. The molecule has 3 nitrogen and oxygen atoms in total. The van der Waals surface area contributed by atoms with Crippen molar-refractivity contribution in [2.24, 2.45) is 0 Å². The summed E-state index contributed by atoms with van der Waals surface area (Å²) in [5, 5.41) is 0. The molecule has 1 amide bonds. The number of alkyl halides is 1. The SMILES string of the molecule is CCCOCCN(C(=O)CCl)c1c(C)cccc1CC. The lowest BCUT2D eigenvalue weighted by molar-refractivity contribution is -0.116. The van der Waals surface area contributed by atoms with Crippen LogP contribution in [0.15, 0.2) is 18.2 Å². The van der Waals surface area contributed by atoms with Crippen LogP contribution in [-0.2, 0) is 16.0 Å². The van der Waals surface area contributed by atoms with E-state index in [4.69, 9.17) is 16.3 Å². The second kappa shape index (κ2) is 8.98. The number of amides is 1. The van der Waals surface area contributed by atoms with Gasteiger partial charge in [0.05, 0.1) is 6.61 Å². The number of ether oxygens (including phenoxy) is 1. The zero-order chi connectivity index (χ0) is 15.0. The maximum Gasteiger partial charge on any atom is 0.242 e. The molecule has 0 aliphatic rings. The maximum absolute atomic E-state index is 12.1. The Morgan fingerprint density at radius 2 is 2.05 bits per heavy atom. The Morgan fingerprint density at radius 3 is 2.65 bits per heavy atom. The third-order valence-corrected chi connectivity index (χ3v) is 3.42. The molecule has 0 aromatic heterocycles. The summed E-state index contributed by atoms with van der Waals surface area (Å²) in [5.41, 5.74) is 3.25. The van der Waals surface area contributed by atoms with Gasteiger partial charge in [-0.15, -0.1) is 11.6 Å². The van der Waals surface area contributed by atoms with Crippen LogP contribution in [0.4, 0.5) is 5.69 Å². The molecular formula is C16H24ClNO2. The number of aryl methyl sites for hydroxylation is 2. The number of anilines is 1. The first-order chi connectivity index (χ1) is 9.65. The predicted molar refractivity (Wildman–Crippen MR) is 84.7 cm³/mol. The second-order valence-corrected chi connectivity index (χ2v) is 4.99. The van der Waals surface area contributed by atoms with Crippen molar-refractivity contribution in [3.05, 3.63) is 29.3 Å². The molecule has 0 saturated carbocycles. The Hall–Kier alpha value is -1.06. The first-order valence-electron chi connectivity index (χ1n) is 7.18. The number of halogens is 1. The highest BCUT2D eigenvalue weighted by molar-refractivity contribution is 6.29. The Balaban J connectivity index is 2.95. The third kappa shape index (κ3) is 4.50. The summed E-state index contributed by atoms with van der Waals surface area (Å²) in [6.45, 7) is 7.98. The van der Waals surface area contributed by atoms with Gasteiger partial charge in [-0.1, -0.05) is 32.0 Å². The molecule has 20 heavy (non-hydrogen) atoms. The minimum Gasteiger partial charge on any atom is -0.380 e. The molecule has 0 aliphatic heterocycles. The normalized spacial score (nSPS) is 10.6. The number of hydrogen-bond donors (Lipinski definition) is 0. The van der Waals surface area contributed by atoms with E-state index in [0.29, 0.717) is 13.2 Å². The van der Waals surface area contributed by atoms with Crippen molar-refractivity contribution in [3.63, 3.8) is 0 Å². The van der Waals surface area contributed by atoms with Crippen LogP contribution in [-0.4, -0.2) is 31.5 Å². The highest BCUT2D eigenvalue weighted by atomic mass is 35.5. The van der Waals surface area contributed by atoms with Crippen LogP contribution in [0.5, 0.6) is 0 Å². The van der Waals surface area contributed by atoms with Crippen molar-refractivity contribution >= 4 is 23.2 Å². The van der Waals surface area contributed by atoms with Gasteiger partial charge in [0, 0.05) is 18.8 Å². The van der Waals surface area contributed by atoms with E-state index in [1.165, 1.54) is 5.56 Å². The molecule has 1 aromatic carbocycles. The standard InChI is InChI=1S/C16H24ClNO2/c1-4-10-20-11-9-18(15(19)12-17)16-13(3)7-6-8-14(16)5-2/h6-8H,4-5,9-12H2,1-3H3. The van der Waals surface area contributed by atoms with E-state index in [1.54, 1.807) is 4.90 Å². The summed E-state index contributed by atoms with van der Waals surface area (Å²) in [4.78, 5) is 13.9. The minimum atomic E-state index is -0.0734. The van der Waals surface area contributed by atoms with Gasteiger partial charge < -0.3 is 9.64 Å². The van der Waals surface area contributed by atoms with Crippen LogP contribution in [0.3, 0.4) is 0 Å². The molecule has 0 fully saturated rings. The lowest BCUT2D eigenvalue weighted by atomic mass is 10.0. The summed E-state index contributed by atoms with van der Waals surface area (Å²) in [5.74, 6) is -0.0820. The number of carbonyl (C=O) groups is 1. The van der Waals surface area contributed by atoms with Crippen LogP contribution in [0.2, 0.25) is 0 Å². The van der Waals surface area contributed by atoms with Gasteiger partial charge in [-0.3, -0.25) is 4.79 Å². The fraction of sp³-hybridized carbons (Fsp3) is 0.562. The van der Waals surface area contributed by atoms with E-state index in [1.807, 2.05) is 19.1 Å². The number of para-hydroxylation sites is 1. The van der Waals surface area contributed by atoms with Gasteiger partial charge in [0.25, 0.3) is 0 Å². The van der Waals surface area contributed by atoms with Crippen molar-refractivity contribution in [2.75, 3.05) is 30.5 Å². The van der Waals surface area contributed by atoms with Crippen LogP contribution >= 0.6 is 11.6 Å². The van der Waals surface area contributed by atoms with Crippen molar-refractivity contribution in [1.29, 1.82) is 0 Å². The van der Waals surface area contributed by atoms with Gasteiger partial charge in [0.2, 0.25) is 5.91 Å². The van der Waals surface area contributed by atoms with E-state index in [0.717, 1.165) is 30.7 Å². The molecule has 4 heteroatoms. The third-order valence-electron chi connectivity index (χ3n) is 3.20. The summed E-state index contributed by atoms with van der Waals surface area (Å²) >= 11 is 5.75. The monoisotopic (exact) mass is 297 g/mol. The molecule has 0 bridgehead atoms. The van der Waals surface area contributed by atoms with Gasteiger partial charge in [-0.2, -0.15) is 0 Å². The van der Waals surface area contributed by atoms with Crippen molar-refractivity contribution in [3.8, 4) is 0 Å². The molecule has 1 aromatic rings. The van der Waals surface area contributed by atoms with Gasteiger partial charge in [0.1, 0.15) is 5.88 Å². The first kappa shape index (κ1) is 17.0. The van der Waals surface area contributed by atoms with Crippen molar-refractivity contribution in [2.45, 2.75) is 33.6 Å². The molecule has 0 aliphatic carbocycles. The quantitative estimate of drug-likeness (QED) is 0.542. The summed E-state index contributed by atoms with van der Waals surface area (Å²) in [6.07, 6.45) is 1.87. The van der Waals surface area contributed by atoms with E-state index in [9.17, 15) is 4.79 Å². The molecule has 0 saturated heterocycles.